The van der Waals surface area contributed by atoms with Gasteiger partial charge in [0.2, 0.25) is 5.82 Å². The Morgan fingerprint density at radius 3 is 2.23 bits per heavy atom. The highest BCUT2D eigenvalue weighted by molar-refractivity contribution is 5.57. The van der Waals surface area contributed by atoms with Gasteiger partial charge in [-0.15, -0.1) is 0 Å². The quantitative estimate of drug-likeness (QED) is 0.379. The number of hydrogen-bond acceptors (Lipinski definition) is 5. The normalized spacial score (nSPS) is 15.1. The van der Waals surface area contributed by atoms with Gasteiger partial charge in [-0.3, -0.25) is 15.0 Å². The fourth-order valence-electron chi connectivity index (χ4n) is 3.66. The number of aromatic nitrogens is 1. The third kappa shape index (κ3) is 4.48. The molecule has 6 heteroatoms. The van der Waals surface area contributed by atoms with Crippen molar-refractivity contribution < 1.29 is 4.92 Å². The van der Waals surface area contributed by atoms with Gasteiger partial charge in [-0.05, 0) is 23.8 Å². The summed E-state index contributed by atoms with van der Waals surface area (Å²) in [7, 11) is 0. The lowest BCUT2D eigenvalue weighted by molar-refractivity contribution is -0.384. The second-order valence-corrected chi connectivity index (χ2v) is 7.07. The SMILES string of the molecule is O=[N+]([O-])c1cccnc1N1CCN(C(C#Cc2ccccc2)c2ccccc2)CC1. The number of hydrogen-bond donors (Lipinski definition) is 0. The summed E-state index contributed by atoms with van der Waals surface area (Å²) in [6, 6.07) is 23.3. The Labute approximate surface area is 175 Å². The summed E-state index contributed by atoms with van der Waals surface area (Å²) in [5, 5.41) is 11.4. The van der Waals surface area contributed by atoms with Crippen molar-refractivity contribution >= 4 is 11.5 Å². The summed E-state index contributed by atoms with van der Waals surface area (Å²) in [5.41, 5.74) is 2.19. The number of pyridine rings is 1. The van der Waals surface area contributed by atoms with Crippen LogP contribution in [0.2, 0.25) is 0 Å². The van der Waals surface area contributed by atoms with Crippen molar-refractivity contribution in [3.05, 3.63) is 100 Å². The van der Waals surface area contributed by atoms with Gasteiger partial charge < -0.3 is 4.90 Å². The van der Waals surface area contributed by atoms with E-state index in [2.05, 4.69) is 33.9 Å². The van der Waals surface area contributed by atoms with Crippen molar-refractivity contribution in [2.75, 3.05) is 31.1 Å². The zero-order valence-electron chi connectivity index (χ0n) is 16.5. The van der Waals surface area contributed by atoms with Crippen LogP contribution in [0.5, 0.6) is 0 Å². The Balaban J connectivity index is 1.54. The van der Waals surface area contributed by atoms with E-state index >= 15 is 0 Å². The molecule has 0 aliphatic carbocycles. The van der Waals surface area contributed by atoms with Crippen LogP contribution in [0.25, 0.3) is 0 Å². The monoisotopic (exact) mass is 398 g/mol. The summed E-state index contributed by atoms with van der Waals surface area (Å²) >= 11 is 0. The van der Waals surface area contributed by atoms with E-state index in [0.29, 0.717) is 18.9 Å². The van der Waals surface area contributed by atoms with Gasteiger partial charge in [-0.1, -0.05) is 60.4 Å². The molecule has 2 aromatic carbocycles. The molecule has 0 bridgehead atoms. The molecule has 150 valence electrons. The van der Waals surface area contributed by atoms with Gasteiger partial charge in [-0.25, -0.2) is 4.98 Å². The van der Waals surface area contributed by atoms with Gasteiger partial charge >= 0.3 is 5.69 Å². The average molecular weight is 398 g/mol. The molecule has 0 spiro atoms. The summed E-state index contributed by atoms with van der Waals surface area (Å²) in [6.45, 7) is 2.82. The van der Waals surface area contributed by atoms with E-state index in [4.69, 9.17) is 0 Å². The fourth-order valence-corrected chi connectivity index (χ4v) is 3.66. The molecule has 1 aromatic heterocycles. The molecule has 4 rings (SSSR count). The third-order valence-corrected chi connectivity index (χ3v) is 5.18. The molecule has 1 unspecified atom stereocenters. The molecule has 1 saturated heterocycles. The summed E-state index contributed by atoms with van der Waals surface area (Å²) in [4.78, 5) is 19.6. The lowest BCUT2D eigenvalue weighted by atomic mass is 10.0. The van der Waals surface area contributed by atoms with E-state index < -0.39 is 0 Å². The number of nitrogens with zero attached hydrogens (tertiary/aromatic N) is 4. The van der Waals surface area contributed by atoms with Gasteiger partial charge in [0.25, 0.3) is 0 Å². The molecule has 0 amide bonds. The molecule has 1 fully saturated rings. The van der Waals surface area contributed by atoms with Crippen LogP contribution < -0.4 is 4.90 Å². The van der Waals surface area contributed by atoms with Gasteiger partial charge in [0.15, 0.2) is 0 Å². The van der Waals surface area contributed by atoms with E-state index in [0.717, 1.165) is 24.2 Å². The van der Waals surface area contributed by atoms with E-state index in [1.165, 1.54) is 6.07 Å². The molecular formula is C24H22N4O2. The van der Waals surface area contributed by atoms with Crippen LogP contribution in [0.1, 0.15) is 17.2 Å². The Morgan fingerprint density at radius 2 is 1.57 bits per heavy atom. The molecule has 6 nitrogen and oxygen atoms in total. The first kappa shape index (κ1) is 19.6. The van der Waals surface area contributed by atoms with Crippen LogP contribution in [0.15, 0.2) is 79.0 Å². The molecule has 1 atom stereocenters. The van der Waals surface area contributed by atoms with E-state index in [1.54, 1.807) is 12.3 Å². The van der Waals surface area contributed by atoms with Gasteiger partial charge in [0.05, 0.1) is 11.0 Å². The van der Waals surface area contributed by atoms with Gasteiger partial charge in [0.1, 0.15) is 0 Å². The minimum absolute atomic E-state index is 0.0349. The highest BCUT2D eigenvalue weighted by Gasteiger charge is 2.28. The molecule has 3 aromatic rings. The molecule has 30 heavy (non-hydrogen) atoms. The number of benzene rings is 2. The molecule has 1 aliphatic rings. The number of anilines is 1. The van der Waals surface area contributed by atoms with Gasteiger partial charge in [-0.2, -0.15) is 0 Å². The zero-order chi connectivity index (χ0) is 20.8. The van der Waals surface area contributed by atoms with Crippen molar-refractivity contribution in [3.63, 3.8) is 0 Å². The van der Waals surface area contributed by atoms with Gasteiger partial charge in [0, 0.05) is 44.0 Å². The second kappa shape index (κ2) is 9.21. The van der Waals surface area contributed by atoms with E-state index in [9.17, 15) is 10.1 Å². The first-order chi connectivity index (χ1) is 14.7. The predicted molar refractivity (Wildman–Crippen MR) is 117 cm³/mol. The lowest BCUT2D eigenvalue weighted by Gasteiger charge is -2.38. The largest absolute Gasteiger partial charge is 0.348 e. The molecule has 2 heterocycles. The Hall–Kier alpha value is -3.69. The van der Waals surface area contributed by atoms with Crippen LogP contribution >= 0.6 is 0 Å². The molecular weight excluding hydrogens is 376 g/mol. The molecule has 0 N–H and O–H groups in total. The first-order valence-corrected chi connectivity index (χ1v) is 9.92. The first-order valence-electron chi connectivity index (χ1n) is 9.92. The third-order valence-electron chi connectivity index (χ3n) is 5.18. The Morgan fingerprint density at radius 1 is 0.900 bits per heavy atom. The second-order valence-electron chi connectivity index (χ2n) is 7.07. The maximum atomic E-state index is 11.4. The maximum Gasteiger partial charge on any atom is 0.311 e. The van der Waals surface area contributed by atoms with Crippen LogP contribution in [0.4, 0.5) is 11.5 Å². The highest BCUT2D eigenvalue weighted by Crippen LogP contribution is 2.28. The van der Waals surface area contributed by atoms with Crippen LogP contribution in [-0.4, -0.2) is 41.0 Å². The van der Waals surface area contributed by atoms with Crippen molar-refractivity contribution in [1.82, 2.24) is 9.88 Å². The minimum Gasteiger partial charge on any atom is -0.348 e. The molecule has 0 saturated carbocycles. The fraction of sp³-hybridized carbons (Fsp3) is 0.208. The Bertz CT molecular complexity index is 1050. The maximum absolute atomic E-state index is 11.4. The lowest BCUT2D eigenvalue weighted by Crippen LogP contribution is -2.47. The standard InChI is InChI=1S/C24H22N4O2/c29-28(30)23-12-7-15-25-24(23)27-18-16-26(17-19-27)22(21-10-5-2-6-11-21)14-13-20-8-3-1-4-9-20/h1-12,15,22H,16-19H2. The molecule has 0 radical (unpaired) electrons. The summed E-state index contributed by atoms with van der Waals surface area (Å²) in [6.07, 6.45) is 1.60. The zero-order valence-corrected chi connectivity index (χ0v) is 16.5. The average Bonchev–Trinajstić information content (AvgIpc) is 2.81. The number of rotatable bonds is 4. The van der Waals surface area contributed by atoms with Crippen molar-refractivity contribution in [2.24, 2.45) is 0 Å². The minimum atomic E-state index is -0.368. The predicted octanol–water partition coefficient (Wildman–Crippen LogP) is 3.90. The summed E-state index contributed by atoms with van der Waals surface area (Å²) < 4.78 is 0. The van der Waals surface area contributed by atoms with E-state index in [1.807, 2.05) is 53.4 Å². The smallest absolute Gasteiger partial charge is 0.311 e. The van der Waals surface area contributed by atoms with Crippen LogP contribution in [0, 0.1) is 22.0 Å². The number of piperazine rings is 1. The van der Waals surface area contributed by atoms with Crippen molar-refractivity contribution in [3.8, 4) is 11.8 Å². The van der Waals surface area contributed by atoms with Crippen LogP contribution in [-0.2, 0) is 0 Å². The topological polar surface area (TPSA) is 62.5 Å². The van der Waals surface area contributed by atoms with E-state index in [-0.39, 0.29) is 16.7 Å². The van der Waals surface area contributed by atoms with Crippen LogP contribution in [0.3, 0.4) is 0 Å². The van der Waals surface area contributed by atoms with Crippen molar-refractivity contribution in [2.45, 2.75) is 6.04 Å². The Kier molecular flexibility index (Phi) is 6.02. The number of nitro groups is 1. The summed E-state index contributed by atoms with van der Waals surface area (Å²) in [5.74, 6) is 7.18. The van der Waals surface area contributed by atoms with Crippen molar-refractivity contribution in [1.29, 1.82) is 0 Å². The highest BCUT2D eigenvalue weighted by atomic mass is 16.6. The molecule has 1 aliphatic heterocycles.